The van der Waals surface area contributed by atoms with E-state index in [1.165, 1.54) is 13.8 Å². The molecule has 10 heteroatoms. The summed E-state index contributed by atoms with van der Waals surface area (Å²) in [6.45, 7) is 5.64. The van der Waals surface area contributed by atoms with Gasteiger partial charge >= 0.3 is 29.8 Å². The number of carbonyl (C=O) groups is 5. The fourth-order valence-corrected chi connectivity index (χ4v) is 2.96. The van der Waals surface area contributed by atoms with Gasteiger partial charge in [-0.25, -0.2) is 0 Å². The molecule has 1 aliphatic carbocycles. The summed E-state index contributed by atoms with van der Waals surface area (Å²) in [6, 6.07) is 0. The number of ether oxygens (including phenoxy) is 5. The molecule has 0 unspecified atom stereocenters. The van der Waals surface area contributed by atoms with Crippen molar-refractivity contribution < 1.29 is 47.7 Å². The first-order valence-corrected chi connectivity index (χ1v) is 8.33. The van der Waals surface area contributed by atoms with Crippen LogP contribution >= 0.6 is 0 Å². The van der Waals surface area contributed by atoms with Crippen molar-refractivity contribution in [2.24, 2.45) is 5.92 Å². The Hall–Kier alpha value is -2.65. The monoisotopic (exact) mass is 388 g/mol. The van der Waals surface area contributed by atoms with Gasteiger partial charge in [-0.3, -0.25) is 24.0 Å². The van der Waals surface area contributed by atoms with Gasteiger partial charge in [-0.1, -0.05) is 0 Å². The molecule has 1 fully saturated rings. The average molecular weight is 388 g/mol. The van der Waals surface area contributed by atoms with Crippen LogP contribution in [-0.4, -0.2) is 60.9 Å². The van der Waals surface area contributed by atoms with Crippen LogP contribution in [-0.2, 0) is 47.7 Å². The summed E-state index contributed by atoms with van der Waals surface area (Å²) in [5.74, 6) is -3.95. The van der Waals surface area contributed by atoms with E-state index in [-0.39, 0.29) is 13.0 Å². The maximum absolute atomic E-state index is 11.6. The van der Waals surface area contributed by atoms with Gasteiger partial charge in [0.2, 0.25) is 0 Å². The van der Waals surface area contributed by atoms with Gasteiger partial charge in [-0.2, -0.15) is 0 Å². The molecule has 0 radical (unpaired) electrons. The minimum atomic E-state index is -1.24. The predicted molar refractivity (Wildman–Crippen MR) is 87.0 cm³/mol. The van der Waals surface area contributed by atoms with E-state index >= 15 is 0 Å². The Balaban J connectivity index is 3.29. The molecule has 0 saturated heterocycles. The normalized spacial score (nSPS) is 27.1. The maximum atomic E-state index is 11.6. The van der Waals surface area contributed by atoms with Gasteiger partial charge in [0.1, 0.15) is 12.2 Å². The van der Waals surface area contributed by atoms with Gasteiger partial charge in [0, 0.05) is 40.5 Å². The van der Waals surface area contributed by atoms with Crippen LogP contribution in [0.1, 0.15) is 41.0 Å². The predicted octanol–water partition coefficient (Wildman–Crippen LogP) is 0.296. The molecule has 10 nitrogen and oxygen atoms in total. The molecule has 0 amide bonds. The minimum Gasteiger partial charge on any atom is -0.465 e. The van der Waals surface area contributed by atoms with Crippen molar-refractivity contribution in [1.29, 1.82) is 0 Å². The molecule has 0 N–H and O–H groups in total. The average Bonchev–Trinajstić information content (AvgIpc) is 2.49. The van der Waals surface area contributed by atoms with Crippen molar-refractivity contribution in [1.82, 2.24) is 0 Å². The summed E-state index contributed by atoms with van der Waals surface area (Å²) >= 11 is 0. The lowest BCUT2D eigenvalue weighted by Crippen LogP contribution is -2.59. The minimum absolute atomic E-state index is 0.0561. The zero-order chi connectivity index (χ0) is 20.7. The molecular formula is C17H24O10. The van der Waals surface area contributed by atoms with Crippen LogP contribution in [0.5, 0.6) is 0 Å². The lowest BCUT2D eigenvalue weighted by atomic mass is 9.80. The molecule has 5 atom stereocenters. The molecule has 0 spiro atoms. The van der Waals surface area contributed by atoms with Gasteiger partial charge in [0.05, 0.1) is 6.61 Å². The summed E-state index contributed by atoms with van der Waals surface area (Å²) < 4.78 is 25.9. The smallest absolute Gasteiger partial charge is 0.303 e. The SMILES string of the molecule is CC(=O)OC[C@H]1C[C@H](OC(C)=O)[C@H](OC(C)=O)[C@H](OC(C)=O)[C@@H]1OC(C)=O. The molecular weight excluding hydrogens is 364 g/mol. The molecule has 1 aliphatic rings. The van der Waals surface area contributed by atoms with Crippen LogP contribution in [0, 0.1) is 5.92 Å². The number of hydrogen-bond donors (Lipinski definition) is 0. The van der Waals surface area contributed by atoms with Crippen molar-refractivity contribution >= 4 is 29.8 Å². The van der Waals surface area contributed by atoms with Crippen LogP contribution in [0.3, 0.4) is 0 Å². The molecule has 1 rings (SSSR count). The van der Waals surface area contributed by atoms with E-state index in [0.717, 1.165) is 20.8 Å². The van der Waals surface area contributed by atoms with Gasteiger partial charge in [-0.05, 0) is 6.42 Å². The lowest BCUT2D eigenvalue weighted by molar-refractivity contribution is -0.221. The third kappa shape index (κ3) is 7.24. The first kappa shape index (κ1) is 22.4. The Labute approximate surface area is 156 Å². The molecule has 0 aromatic rings. The van der Waals surface area contributed by atoms with Crippen LogP contribution in [0.25, 0.3) is 0 Å². The van der Waals surface area contributed by atoms with Crippen molar-refractivity contribution in [3.05, 3.63) is 0 Å². The van der Waals surface area contributed by atoms with Gasteiger partial charge in [0.15, 0.2) is 12.2 Å². The fourth-order valence-electron chi connectivity index (χ4n) is 2.96. The number of esters is 5. The molecule has 0 bridgehead atoms. The zero-order valence-electron chi connectivity index (χ0n) is 15.9. The van der Waals surface area contributed by atoms with Crippen molar-refractivity contribution in [3.63, 3.8) is 0 Å². The summed E-state index contributed by atoms with van der Waals surface area (Å²) in [6.07, 6.45) is -4.42. The fraction of sp³-hybridized carbons (Fsp3) is 0.706. The second-order valence-electron chi connectivity index (χ2n) is 6.17. The molecule has 0 aliphatic heterocycles. The number of rotatable bonds is 6. The summed E-state index contributed by atoms with van der Waals surface area (Å²) in [7, 11) is 0. The van der Waals surface area contributed by atoms with Gasteiger partial charge in [0.25, 0.3) is 0 Å². The first-order valence-electron chi connectivity index (χ1n) is 8.33. The topological polar surface area (TPSA) is 132 Å². The van der Waals surface area contributed by atoms with E-state index in [4.69, 9.17) is 23.7 Å². The second-order valence-corrected chi connectivity index (χ2v) is 6.17. The van der Waals surface area contributed by atoms with Crippen LogP contribution in [0.2, 0.25) is 0 Å². The van der Waals surface area contributed by atoms with Crippen molar-refractivity contribution in [2.75, 3.05) is 6.61 Å². The van der Waals surface area contributed by atoms with E-state index in [0.29, 0.717) is 0 Å². The highest BCUT2D eigenvalue weighted by Crippen LogP contribution is 2.34. The Morgan fingerprint density at radius 2 is 1.07 bits per heavy atom. The Morgan fingerprint density at radius 1 is 0.630 bits per heavy atom. The highest BCUT2D eigenvalue weighted by molar-refractivity contribution is 5.69. The molecule has 0 heterocycles. The van der Waals surface area contributed by atoms with E-state index < -0.39 is 60.2 Å². The number of carbonyl (C=O) groups excluding carboxylic acids is 5. The third-order valence-electron chi connectivity index (χ3n) is 3.74. The standard InChI is InChI=1S/C17H24O10/c1-8(18)23-7-13-6-14(24-9(2)19)16(26-11(4)21)17(27-12(5)22)15(13)25-10(3)20/h13-17H,6-7H2,1-5H3/t13-,14+,15-,16+,17-/m1/s1. The zero-order valence-corrected chi connectivity index (χ0v) is 15.9. The highest BCUT2D eigenvalue weighted by Gasteiger charge is 2.52. The molecule has 0 aromatic carbocycles. The third-order valence-corrected chi connectivity index (χ3v) is 3.74. The Morgan fingerprint density at radius 3 is 1.52 bits per heavy atom. The molecule has 1 saturated carbocycles. The van der Waals surface area contributed by atoms with Crippen LogP contribution in [0.15, 0.2) is 0 Å². The van der Waals surface area contributed by atoms with Crippen molar-refractivity contribution in [2.45, 2.75) is 65.5 Å². The van der Waals surface area contributed by atoms with Crippen molar-refractivity contribution in [3.8, 4) is 0 Å². The summed E-state index contributed by atoms with van der Waals surface area (Å²) in [5, 5.41) is 0. The van der Waals surface area contributed by atoms with E-state index in [9.17, 15) is 24.0 Å². The largest absolute Gasteiger partial charge is 0.465 e. The summed E-state index contributed by atoms with van der Waals surface area (Å²) in [5.41, 5.74) is 0. The van der Waals surface area contributed by atoms with Gasteiger partial charge in [-0.15, -0.1) is 0 Å². The Kier molecular flexibility index (Phi) is 8.20. The summed E-state index contributed by atoms with van der Waals surface area (Å²) in [4.78, 5) is 57.3. The maximum Gasteiger partial charge on any atom is 0.303 e. The van der Waals surface area contributed by atoms with E-state index in [2.05, 4.69) is 0 Å². The molecule has 152 valence electrons. The number of hydrogen-bond acceptors (Lipinski definition) is 10. The van der Waals surface area contributed by atoms with Crippen LogP contribution < -0.4 is 0 Å². The second kappa shape index (κ2) is 9.89. The quantitative estimate of drug-likeness (QED) is 0.462. The molecule has 27 heavy (non-hydrogen) atoms. The van der Waals surface area contributed by atoms with Crippen LogP contribution in [0.4, 0.5) is 0 Å². The van der Waals surface area contributed by atoms with E-state index in [1.54, 1.807) is 0 Å². The Bertz CT molecular complexity index is 599. The van der Waals surface area contributed by atoms with E-state index in [1.807, 2.05) is 0 Å². The highest BCUT2D eigenvalue weighted by atomic mass is 16.6. The van der Waals surface area contributed by atoms with Gasteiger partial charge < -0.3 is 23.7 Å². The lowest BCUT2D eigenvalue weighted by Gasteiger charge is -2.43. The molecule has 0 aromatic heterocycles. The first-order chi connectivity index (χ1) is 12.5.